The predicted molar refractivity (Wildman–Crippen MR) is 114 cm³/mol. The first-order valence-corrected chi connectivity index (χ1v) is 9.44. The molecule has 0 fully saturated rings. The summed E-state index contributed by atoms with van der Waals surface area (Å²) in [7, 11) is 1.68. The number of aryl methyl sites for hydroxylation is 1. The van der Waals surface area contributed by atoms with Crippen LogP contribution in [0.5, 0.6) is 5.75 Å². The fourth-order valence-corrected chi connectivity index (χ4v) is 3.71. The third-order valence-corrected chi connectivity index (χ3v) is 5.16. The van der Waals surface area contributed by atoms with E-state index in [1.54, 1.807) is 18.4 Å². The van der Waals surface area contributed by atoms with Crippen molar-refractivity contribution < 1.29 is 4.74 Å². The minimum atomic E-state index is 0.785. The molecule has 0 saturated heterocycles. The largest absolute Gasteiger partial charge is 0.497 e. The number of thiazole rings is 1. The molecule has 4 nitrogen and oxygen atoms in total. The number of nitrogens with one attached hydrogen (secondary N) is 1. The van der Waals surface area contributed by atoms with E-state index in [0.717, 1.165) is 38.5 Å². The number of hydrazone groups is 1. The Morgan fingerprint density at radius 2 is 1.78 bits per heavy atom. The fraction of sp³-hybridized carbons (Fsp3) is 0.0909. The van der Waals surface area contributed by atoms with Gasteiger partial charge in [-0.05, 0) is 41.5 Å². The number of hydrogen-bond donors (Lipinski definition) is 1. The summed E-state index contributed by atoms with van der Waals surface area (Å²) in [6.07, 6.45) is 1.81. The Morgan fingerprint density at radius 1 is 1.00 bits per heavy atom. The van der Waals surface area contributed by atoms with Crippen LogP contribution in [-0.4, -0.2) is 18.3 Å². The minimum Gasteiger partial charge on any atom is -0.497 e. The summed E-state index contributed by atoms with van der Waals surface area (Å²) in [6.45, 7) is 2.08. The zero-order valence-electron chi connectivity index (χ0n) is 15.1. The second-order valence-corrected chi connectivity index (χ2v) is 7.34. The van der Waals surface area contributed by atoms with Crippen LogP contribution in [0.2, 0.25) is 0 Å². The smallest absolute Gasteiger partial charge is 0.204 e. The van der Waals surface area contributed by atoms with Gasteiger partial charge in [-0.1, -0.05) is 48.5 Å². The topological polar surface area (TPSA) is 46.5 Å². The number of ether oxygens (including phenoxy) is 1. The average molecular weight is 373 g/mol. The van der Waals surface area contributed by atoms with Crippen molar-refractivity contribution in [1.82, 2.24) is 4.98 Å². The summed E-state index contributed by atoms with van der Waals surface area (Å²) >= 11 is 1.60. The Labute approximate surface area is 162 Å². The summed E-state index contributed by atoms with van der Waals surface area (Å²) < 4.78 is 5.27. The summed E-state index contributed by atoms with van der Waals surface area (Å²) in [5.41, 5.74) is 6.19. The number of anilines is 1. The van der Waals surface area contributed by atoms with E-state index < -0.39 is 0 Å². The van der Waals surface area contributed by atoms with Crippen LogP contribution in [0.1, 0.15) is 10.4 Å². The molecular weight excluding hydrogens is 354 g/mol. The molecule has 4 rings (SSSR count). The monoisotopic (exact) mass is 373 g/mol. The molecule has 134 valence electrons. The first-order valence-electron chi connectivity index (χ1n) is 8.63. The van der Waals surface area contributed by atoms with Gasteiger partial charge in [0.2, 0.25) is 5.13 Å². The van der Waals surface area contributed by atoms with Crippen LogP contribution >= 0.6 is 11.3 Å². The highest BCUT2D eigenvalue weighted by Gasteiger charge is 2.08. The van der Waals surface area contributed by atoms with E-state index >= 15 is 0 Å². The van der Waals surface area contributed by atoms with Crippen molar-refractivity contribution in [3.8, 4) is 17.0 Å². The van der Waals surface area contributed by atoms with E-state index in [2.05, 4.69) is 52.8 Å². The van der Waals surface area contributed by atoms with E-state index in [1.165, 1.54) is 4.88 Å². The molecule has 1 N–H and O–H groups in total. The maximum Gasteiger partial charge on any atom is 0.204 e. The van der Waals surface area contributed by atoms with Crippen molar-refractivity contribution in [3.05, 3.63) is 77.2 Å². The molecule has 0 radical (unpaired) electrons. The van der Waals surface area contributed by atoms with Gasteiger partial charge in [-0.15, -0.1) is 11.3 Å². The molecule has 0 aliphatic carbocycles. The van der Waals surface area contributed by atoms with Crippen molar-refractivity contribution in [2.45, 2.75) is 6.92 Å². The van der Waals surface area contributed by atoms with Crippen LogP contribution in [0.15, 0.2) is 71.8 Å². The minimum absolute atomic E-state index is 0.785. The molecule has 0 aliphatic rings. The zero-order valence-corrected chi connectivity index (χ0v) is 16.0. The molecule has 1 heterocycles. The van der Waals surface area contributed by atoms with E-state index in [0.29, 0.717) is 0 Å². The van der Waals surface area contributed by atoms with Crippen molar-refractivity contribution >= 4 is 33.5 Å². The van der Waals surface area contributed by atoms with Crippen LogP contribution < -0.4 is 10.2 Å². The molecule has 0 spiro atoms. The maximum atomic E-state index is 5.27. The molecule has 5 heteroatoms. The van der Waals surface area contributed by atoms with Crippen LogP contribution in [-0.2, 0) is 0 Å². The van der Waals surface area contributed by atoms with Crippen LogP contribution in [0.25, 0.3) is 22.0 Å². The lowest BCUT2D eigenvalue weighted by Gasteiger charge is -2.03. The summed E-state index contributed by atoms with van der Waals surface area (Å²) in [5.74, 6) is 0.860. The summed E-state index contributed by atoms with van der Waals surface area (Å²) in [5, 5.41) is 7.42. The first kappa shape index (κ1) is 17.2. The molecule has 3 aromatic carbocycles. The van der Waals surface area contributed by atoms with Gasteiger partial charge in [0, 0.05) is 10.4 Å². The van der Waals surface area contributed by atoms with Gasteiger partial charge in [0.1, 0.15) is 5.75 Å². The molecule has 0 bridgehead atoms. The van der Waals surface area contributed by atoms with E-state index in [1.807, 2.05) is 42.6 Å². The number of hydrogen-bond acceptors (Lipinski definition) is 5. The predicted octanol–water partition coefficient (Wildman–Crippen LogP) is 5.73. The van der Waals surface area contributed by atoms with Crippen molar-refractivity contribution in [3.63, 3.8) is 0 Å². The second kappa shape index (κ2) is 7.60. The molecule has 0 amide bonds. The molecule has 1 aromatic heterocycles. The standard InChI is InChI=1S/C22H19N3OS/c1-15-21(17-6-4-3-5-7-17)24-22(27-15)25-23-14-16-8-9-19-13-20(26-2)11-10-18(19)12-16/h3-14H,1-2H3,(H,24,25)/b23-14+. The van der Waals surface area contributed by atoms with Gasteiger partial charge in [-0.2, -0.15) is 5.10 Å². The van der Waals surface area contributed by atoms with Crippen LogP contribution in [0, 0.1) is 6.92 Å². The number of benzene rings is 3. The van der Waals surface area contributed by atoms with Gasteiger partial charge in [0.25, 0.3) is 0 Å². The quantitative estimate of drug-likeness (QED) is 0.359. The number of nitrogens with zero attached hydrogens (tertiary/aromatic N) is 2. The highest BCUT2D eigenvalue weighted by Crippen LogP contribution is 2.30. The Balaban J connectivity index is 1.50. The number of aromatic nitrogens is 1. The number of methoxy groups -OCH3 is 1. The average Bonchev–Trinajstić information content (AvgIpc) is 3.08. The molecule has 4 aromatic rings. The number of fused-ring (bicyclic) bond motifs is 1. The van der Waals surface area contributed by atoms with Crippen molar-refractivity contribution in [2.75, 3.05) is 12.5 Å². The summed E-state index contributed by atoms with van der Waals surface area (Å²) in [6, 6.07) is 22.4. The summed E-state index contributed by atoms with van der Waals surface area (Å²) in [4.78, 5) is 5.83. The van der Waals surface area contributed by atoms with Crippen molar-refractivity contribution in [2.24, 2.45) is 5.10 Å². The Hall–Kier alpha value is -3.18. The lowest BCUT2D eigenvalue weighted by molar-refractivity contribution is 0.415. The second-order valence-electron chi connectivity index (χ2n) is 6.13. The SMILES string of the molecule is COc1ccc2cc(/C=N/Nc3nc(-c4ccccc4)c(C)s3)ccc2c1. The van der Waals surface area contributed by atoms with Gasteiger partial charge >= 0.3 is 0 Å². The molecule has 27 heavy (non-hydrogen) atoms. The Morgan fingerprint density at radius 3 is 2.59 bits per heavy atom. The lowest BCUT2D eigenvalue weighted by atomic mass is 10.1. The van der Waals surface area contributed by atoms with E-state index in [9.17, 15) is 0 Å². The third kappa shape index (κ3) is 3.83. The molecule has 0 aliphatic heterocycles. The first-order chi connectivity index (χ1) is 13.2. The Kier molecular flexibility index (Phi) is 4.85. The highest BCUT2D eigenvalue weighted by molar-refractivity contribution is 7.15. The van der Waals surface area contributed by atoms with Gasteiger partial charge in [0.15, 0.2) is 0 Å². The third-order valence-electron chi connectivity index (χ3n) is 4.29. The van der Waals surface area contributed by atoms with E-state index in [4.69, 9.17) is 4.74 Å². The highest BCUT2D eigenvalue weighted by atomic mass is 32.1. The van der Waals surface area contributed by atoms with Gasteiger partial charge in [0.05, 0.1) is 19.0 Å². The number of rotatable bonds is 5. The van der Waals surface area contributed by atoms with Gasteiger partial charge in [-0.3, -0.25) is 5.43 Å². The van der Waals surface area contributed by atoms with Gasteiger partial charge < -0.3 is 4.74 Å². The van der Waals surface area contributed by atoms with E-state index in [-0.39, 0.29) is 0 Å². The molecular formula is C22H19N3OS. The van der Waals surface area contributed by atoms with Crippen LogP contribution in [0.4, 0.5) is 5.13 Å². The molecule has 0 saturated carbocycles. The lowest BCUT2D eigenvalue weighted by Crippen LogP contribution is -1.90. The Bertz CT molecular complexity index is 1100. The zero-order chi connectivity index (χ0) is 18.6. The normalized spacial score (nSPS) is 11.2. The molecule has 0 unspecified atom stereocenters. The maximum absolute atomic E-state index is 5.27. The molecule has 0 atom stereocenters. The fourth-order valence-electron chi connectivity index (χ4n) is 2.92. The van der Waals surface area contributed by atoms with Gasteiger partial charge in [-0.25, -0.2) is 4.98 Å². The van der Waals surface area contributed by atoms with Crippen molar-refractivity contribution in [1.29, 1.82) is 0 Å². The van der Waals surface area contributed by atoms with Crippen LogP contribution in [0.3, 0.4) is 0 Å².